The van der Waals surface area contributed by atoms with Crippen LogP contribution in [0.1, 0.15) is 54.3 Å². The van der Waals surface area contributed by atoms with Gasteiger partial charge in [-0.25, -0.2) is 0 Å². The van der Waals surface area contributed by atoms with E-state index in [2.05, 4.69) is 5.32 Å². The molecule has 0 bridgehead atoms. The number of hydrogen-bond donors (Lipinski definition) is 2. The van der Waals surface area contributed by atoms with Gasteiger partial charge >= 0.3 is 0 Å². The van der Waals surface area contributed by atoms with E-state index in [0.717, 1.165) is 12.8 Å². The normalized spacial score (nSPS) is 14.5. The number of aliphatic hydroxyl groups is 1. The van der Waals surface area contributed by atoms with Gasteiger partial charge in [-0.3, -0.25) is 9.59 Å². The van der Waals surface area contributed by atoms with Crippen molar-refractivity contribution in [2.45, 2.75) is 45.3 Å². The zero-order valence-corrected chi connectivity index (χ0v) is 13.4. The summed E-state index contributed by atoms with van der Waals surface area (Å²) in [5.41, 5.74) is 0.151. The van der Waals surface area contributed by atoms with Gasteiger partial charge in [0.2, 0.25) is 0 Å². The minimum atomic E-state index is -0.935. The number of nitrogens with zero attached hydrogens (tertiary/aromatic N) is 1. The van der Waals surface area contributed by atoms with Gasteiger partial charge in [-0.1, -0.05) is 0 Å². The van der Waals surface area contributed by atoms with E-state index in [9.17, 15) is 14.7 Å². The minimum absolute atomic E-state index is 0.0923. The van der Waals surface area contributed by atoms with Gasteiger partial charge in [0, 0.05) is 30.3 Å². The van der Waals surface area contributed by atoms with Crippen molar-refractivity contribution in [3.8, 4) is 0 Å². The monoisotopic (exact) mass is 304 g/mol. The SMILES string of the molecule is CCN(CC(C)(C)O)C(=O)c1ccc(C(=O)NC2CC2)cc1. The third-order valence-corrected chi connectivity index (χ3v) is 3.55. The summed E-state index contributed by atoms with van der Waals surface area (Å²) in [6, 6.07) is 6.98. The molecular formula is C17H24N2O3. The van der Waals surface area contributed by atoms with Crippen molar-refractivity contribution >= 4 is 11.8 Å². The Balaban J connectivity index is 2.04. The summed E-state index contributed by atoms with van der Waals surface area (Å²) >= 11 is 0. The van der Waals surface area contributed by atoms with Gasteiger partial charge in [0.25, 0.3) is 11.8 Å². The number of hydrogen-bond acceptors (Lipinski definition) is 3. The van der Waals surface area contributed by atoms with E-state index in [0.29, 0.717) is 23.7 Å². The van der Waals surface area contributed by atoms with Crippen molar-refractivity contribution in [2.24, 2.45) is 0 Å². The van der Waals surface area contributed by atoms with Crippen LogP contribution in [0, 0.1) is 0 Å². The lowest BCUT2D eigenvalue weighted by Crippen LogP contribution is -2.42. The average Bonchev–Trinajstić information content (AvgIpc) is 3.27. The fraction of sp³-hybridized carbons (Fsp3) is 0.529. The molecule has 0 spiro atoms. The second-order valence-electron chi connectivity index (χ2n) is 6.46. The highest BCUT2D eigenvalue weighted by molar-refractivity contribution is 5.98. The predicted molar refractivity (Wildman–Crippen MR) is 84.8 cm³/mol. The van der Waals surface area contributed by atoms with Gasteiger partial charge in [0.15, 0.2) is 0 Å². The molecule has 2 amide bonds. The first-order chi connectivity index (χ1) is 10.3. The summed E-state index contributed by atoms with van der Waals surface area (Å²) in [5, 5.41) is 12.8. The second-order valence-corrected chi connectivity index (χ2v) is 6.46. The van der Waals surface area contributed by atoms with Crippen molar-refractivity contribution in [1.29, 1.82) is 0 Å². The fourth-order valence-electron chi connectivity index (χ4n) is 2.24. The summed E-state index contributed by atoms with van der Waals surface area (Å²) in [5.74, 6) is -0.232. The molecule has 0 saturated heterocycles. The third-order valence-electron chi connectivity index (χ3n) is 3.55. The Kier molecular flexibility index (Phi) is 4.86. The molecule has 1 saturated carbocycles. The zero-order chi connectivity index (χ0) is 16.3. The Morgan fingerprint density at radius 2 is 1.77 bits per heavy atom. The lowest BCUT2D eigenvalue weighted by atomic mass is 10.1. The van der Waals surface area contributed by atoms with Crippen LogP contribution in [0.25, 0.3) is 0 Å². The summed E-state index contributed by atoms with van der Waals surface area (Å²) in [4.78, 5) is 25.9. The van der Waals surface area contributed by atoms with Crippen molar-refractivity contribution in [3.63, 3.8) is 0 Å². The molecule has 2 rings (SSSR count). The maximum atomic E-state index is 12.4. The van der Waals surface area contributed by atoms with Crippen LogP contribution in [0.3, 0.4) is 0 Å². The molecule has 1 aromatic rings. The Morgan fingerprint density at radius 1 is 1.23 bits per heavy atom. The molecular weight excluding hydrogens is 280 g/mol. The molecule has 0 aromatic heterocycles. The summed E-state index contributed by atoms with van der Waals surface area (Å²) in [6.45, 7) is 6.02. The molecule has 0 unspecified atom stereocenters. The van der Waals surface area contributed by atoms with E-state index in [1.165, 1.54) is 0 Å². The van der Waals surface area contributed by atoms with Gasteiger partial charge in [0.1, 0.15) is 0 Å². The second kappa shape index (κ2) is 6.48. The van der Waals surface area contributed by atoms with Crippen molar-refractivity contribution in [3.05, 3.63) is 35.4 Å². The van der Waals surface area contributed by atoms with E-state index < -0.39 is 5.60 Å². The first kappa shape index (κ1) is 16.5. The molecule has 0 heterocycles. The minimum Gasteiger partial charge on any atom is -0.389 e. The lowest BCUT2D eigenvalue weighted by molar-refractivity contribution is 0.0314. The number of carbonyl (C=O) groups excluding carboxylic acids is 2. The summed E-state index contributed by atoms with van der Waals surface area (Å²) < 4.78 is 0. The van der Waals surface area contributed by atoms with Crippen LogP contribution in [0.2, 0.25) is 0 Å². The first-order valence-corrected chi connectivity index (χ1v) is 7.73. The third kappa shape index (κ3) is 4.56. The molecule has 1 aromatic carbocycles. The standard InChI is InChI=1S/C17H24N2O3/c1-4-19(11-17(2,3)22)16(21)13-7-5-12(6-8-13)15(20)18-14-9-10-14/h5-8,14,22H,4,9-11H2,1-3H3,(H,18,20). The van der Waals surface area contributed by atoms with Crippen molar-refractivity contribution < 1.29 is 14.7 Å². The van der Waals surface area contributed by atoms with Crippen LogP contribution in [-0.2, 0) is 0 Å². The van der Waals surface area contributed by atoms with Crippen LogP contribution < -0.4 is 5.32 Å². The van der Waals surface area contributed by atoms with E-state index in [4.69, 9.17) is 0 Å². The Labute approximate surface area is 131 Å². The fourth-order valence-corrected chi connectivity index (χ4v) is 2.24. The van der Waals surface area contributed by atoms with Crippen LogP contribution in [0.15, 0.2) is 24.3 Å². The molecule has 5 nitrogen and oxygen atoms in total. The highest BCUT2D eigenvalue weighted by Crippen LogP contribution is 2.19. The molecule has 2 N–H and O–H groups in total. The number of nitrogens with one attached hydrogen (secondary N) is 1. The maximum Gasteiger partial charge on any atom is 0.253 e. The number of benzene rings is 1. The van der Waals surface area contributed by atoms with Gasteiger partial charge in [0.05, 0.1) is 5.60 Å². The highest BCUT2D eigenvalue weighted by atomic mass is 16.3. The van der Waals surface area contributed by atoms with Crippen LogP contribution in [-0.4, -0.2) is 46.6 Å². The Morgan fingerprint density at radius 3 is 2.23 bits per heavy atom. The number of rotatable bonds is 6. The van der Waals surface area contributed by atoms with E-state index in [1.54, 1.807) is 43.0 Å². The first-order valence-electron chi connectivity index (χ1n) is 7.73. The van der Waals surface area contributed by atoms with Crippen molar-refractivity contribution in [1.82, 2.24) is 10.2 Å². The topological polar surface area (TPSA) is 69.6 Å². The van der Waals surface area contributed by atoms with E-state index in [1.807, 2.05) is 6.92 Å². The number of amides is 2. The van der Waals surface area contributed by atoms with Gasteiger partial charge in [-0.15, -0.1) is 0 Å². The van der Waals surface area contributed by atoms with Gasteiger partial charge in [-0.05, 0) is 57.9 Å². The predicted octanol–water partition coefficient (Wildman–Crippen LogP) is 1.81. The van der Waals surface area contributed by atoms with Crippen LogP contribution in [0.4, 0.5) is 0 Å². The Bertz CT molecular complexity index is 542. The molecule has 1 fully saturated rings. The maximum absolute atomic E-state index is 12.4. The summed E-state index contributed by atoms with van der Waals surface area (Å²) in [7, 11) is 0. The lowest BCUT2D eigenvalue weighted by Gasteiger charge is -2.28. The highest BCUT2D eigenvalue weighted by Gasteiger charge is 2.24. The van der Waals surface area contributed by atoms with E-state index >= 15 is 0 Å². The van der Waals surface area contributed by atoms with Crippen molar-refractivity contribution in [2.75, 3.05) is 13.1 Å². The zero-order valence-electron chi connectivity index (χ0n) is 13.4. The molecule has 0 atom stereocenters. The quantitative estimate of drug-likeness (QED) is 0.842. The average molecular weight is 304 g/mol. The van der Waals surface area contributed by atoms with Crippen LogP contribution >= 0.6 is 0 Å². The smallest absolute Gasteiger partial charge is 0.253 e. The molecule has 1 aliphatic rings. The van der Waals surface area contributed by atoms with Gasteiger partial charge in [-0.2, -0.15) is 0 Å². The summed E-state index contributed by atoms with van der Waals surface area (Å²) in [6.07, 6.45) is 2.09. The van der Waals surface area contributed by atoms with Crippen LogP contribution in [0.5, 0.6) is 0 Å². The molecule has 5 heteroatoms. The molecule has 1 aliphatic carbocycles. The number of likely N-dealkylation sites (N-methyl/N-ethyl adjacent to an activating group) is 1. The Hall–Kier alpha value is -1.88. The van der Waals surface area contributed by atoms with Gasteiger partial charge < -0.3 is 15.3 Å². The molecule has 0 radical (unpaired) electrons. The van der Waals surface area contributed by atoms with E-state index in [-0.39, 0.29) is 18.4 Å². The largest absolute Gasteiger partial charge is 0.389 e. The number of carbonyl (C=O) groups is 2. The molecule has 22 heavy (non-hydrogen) atoms. The molecule has 120 valence electrons. The molecule has 0 aliphatic heterocycles.